The van der Waals surface area contributed by atoms with Crippen molar-refractivity contribution in [2.75, 3.05) is 32.0 Å². The van der Waals surface area contributed by atoms with Crippen molar-refractivity contribution in [3.63, 3.8) is 0 Å². The van der Waals surface area contributed by atoms with Gasteiger partial charge in [0.25, 0.3) is 5.69 Å². The zero-order valence-corrected chi connectivity index (χ0v) is 13.4. The Bertz CT molecular complexity index is 655. The number of nitrogens with two attached hydrogens (primary N) is 1. The highest BCUT2D eigenvalue weighted by Gasteiger charge is 2.20. The molecule has 23 heavy (non-hydrogen) atoms. The number of benzene rings is 1. The quantitative estimate of drug-likeness (QED) is 0.386. The standard InChI is InChI=1S/C16H21N3O4/c1-3-23-15(20)10-18-6-4-12(5-7-18)13-8-11(2)16(17)14(9-13)19(21)22/h4,8-9H,3,5-7,10,17H2,1-2H3. The molecule has 0 aliphatic carbocycles. The fourth-order valence-electron chi connectivity index (χ4n) is 2.62. The summed E-state index contributed by atoms with van der Waals surface area (Å²) in [6.45, 7) is 5.51. The molecule has 124 valence electrons. The molecular weight excluding hydrogens is 298 g/mol. The minimum Gasteiger partial charge on any atom is -0.465 e. The summed E-state index contributed by atoms with van der Waals surface area (Å²) in [6, 6.07) is 3.39. The summed E-state index contributed by atoms with van der Waals surface area (Å²) in [7, 11) is 0. The SMILES string of the molecule is CCOC(=O)CN1CC=C(c2cc(C)c(N)c([N+](=O)[O-])c2)CC1. The average molecular weight is 319 g/mol. The Hall–Kier alpha value is -2.41. The van der Waals surface area contributed by atoms with Gasteiger partial charge in [0.2, 0.25) is 0 Å². The number of aryl methyl sites for hydroxylation is 1. The molecule has 0 radical (unpaired) electrons. The molecule has 0 aromatic heterocycles. The van der Waals surface area contributed by atoms with Gasteiger partial charge in [-0.2, -0.15) is 0 Å². The zero-order valence-electron chi connectivity index (χ0n) is 13.4. The predicted molar refractivity (Wildman–Crippen MR) is 87.9 cm³/mol. The summed E-state index contributed by atoms with van der Waals surface area (Å²) in [5, 5.41) is 11.1. The van der Waals surface area contributed by atoms with E-state index in [4.69, 9.17) is 10.5 Å². The molecular formula is C16H21N3O4. The lowest BCUT2D eigenvalue weighted by molar-refractivity contribution is -0.383. The second-order valence-corrected chi connectivity index (χ2v) is 5.50. The minimum absolute atomic E-state index is 0.0603. The summed E-state index contributed by atoms with van der Waals surface area (Å²) in [5.41, 5.74) is 8.47. The summed E-state index contributed by atoms with van der Waals surface area (Å²) in [6.07, 6.45) is 2.72. The normalized spacial score (nSPS) is 15.1. The van der Waals surface area contributed by atoms with E-state index in [9.17, 15) is 14.9 Å². The third-order valence-electron chi connectivity index (χ3n) is 3.88. The van der Waals surface area contributed by atoms with Gasteiger partial charge in [0.15, 0.2) is 0 Å². The van der Waals surface area contributed by atoms with Gasteiger partial charge in [-0.1, -0.05) is 6.08 Å². The van der Waals surface area contributed by atoms with Crippen molar-refractivity contribution in [3.8, 4) is 0 Å². The van der Waals surface area contributed by atoms with E-state index >= 15 is 0 Å². The molecule has 0 bridgehead atoms. The third-order valence-corrected chi connectivity index (χ3v) is 3.88. The molecule has 0 amide bonds. The molecule has 2 rings (SSSR count). The Kier molecular flexibility index (Phi) is 5.33. The number of nitro benzene ring substituents is 1. The van der Waals surface area contributed by atoms with E-state index in [0.717, 1.165) is 17.6 Å². The predicted octanol–water partition coefficient (Wildman–Crippen LogP) is 2.14. The number of rotatable bonds is 5. The Balaban J connectivity index is 2.14. The lowest BCUT2D eigenvalue weighted by atomic mass is 9.96. The fraction of sp³-hybridized carbons (Fsp3) is 0.438. The molecule has 0 unspecified atom stereocenters. The van der Waals surface area contributed by atoms with Gasteiger partial charge >= 0.3 is 5.97 Å². The maximum atomic E-state index is 11.5. The van der Waals surface area contributed by atoms with Crippen LogP contribution in [0.4, 0.5) is 11.4 Å². The van der Waals surface area contributed by atoms with E-state index < -0.39 is 4.92 Å². The number of esters is 1. The van der Waals surface area contributed by atoms with Gasteiger partial charge in [0, 0.05) is 19.2 Å². The number of nitrogen functional groups attached to an aromatic ring is 1. The summed E-state index contributed by atoms with van der Waals surface area (Å²) < 4.78 is 4.94. The number of anilines is 1. The topological polar surface area (TPSA) is 98.7 Å². The molecule has 7 heteroatoms. The highest BCUT2D eigenvalue weighted by Crippen LogP contribution is 2.32. The maximum absolute atomic E-state index is 11.5. The summed E-state index contributed by atoms with van der Waals surface area (Å²) in [5.74, 6) is -0.233. The van der Waals surface area contributed by atoms with Crippen molar-refractivity contribution in [1.82, 2.24) is 4.90 Å². The van der Waals surface area contributed by atoms with E-state index in [2.05, 4.69) is 0 Å². The molecule has 0 saturated carbocycles. The lowest BCUT2D eigenvalue weighted by Crippen LogP contribution is -2.34. The Morgan fingerprint density at radius 1 is 1.48 bits per heavy atom. The van der Waals surface area contributed by atoms with Gasteiger partial charge in [-0.15, -0.1) is 0 Å². The van der Waals surface area contributed by atoms with E-state index in [0.29, 0.717) is 25.3 Å². The molecule has 0 atom stereocenters. The molecule has 1 aromatic rings. The average Bonchev–Trinajstić information content (AvgIpc) is 2.50. The van der Waals surface area contributed by atoms with Crippen molar-refractivity contribution in [3.05, 3.63) is 39.4 Å². The van der Waals surface area contributed by atoms with Gasteiger partial charge in [-0.3, -0.25) is 19.8 Å². The number of nitrogens with zero attached hydrogens (tertiary/aromatic N) is 2. The number of carbonyl (C=O) groups is 1. The first-order valence-electron chi connectivity index (χ1n) is 7.54. The number of hydrogen-bond acceptors (Lipinski definition) is 6. The molecule has 1 aliphatic heterocycles. The van der Waals surface area contributed by atoms with Gasteiger partial charge in [0.05, 0.1) is 18.1 Å². The van der Waals surface area contributed by atoms with E-state index in [1.807, 2.05) is 17.0 Å². The Morgan fingerprint density at radius 3 is 2.78 bits per heavy atom. The first kappa shape index (κ1) is 17.0. The molecule has 1 aliphatic rings. The van der Waals surface area contributed by atoms with E-state index in [-0.39, 0.29) is 23.9 Å². The number of ether oxygens (including phenoxy) is 1. The monoisotopic (exact) mass is 319 g/mol. The van der Waals surface area contributed by atoms with Crippen LogP contribution in [0.15, 0.2) is 18.2 Å². The summed E-state index contributed by atoms with van der Waals surface area (Å²) in [4.78, 5) is 24.1. The highest BCUT2D eigenvalue weighted by atomic mass is 16.6. The van der Waals surface area contributed by atoms with E-state index in [1.54, 1.807) is 13.8 Å². The van der Waals surface area contributed by atoms with Crippen LogP contribution in [0.5, 0.6) is 0 Å². The minimum atomic E-state index is -0.456. The van der Waals surface area contributed by atoms with Gasteiger partial charge in [-0.05, 0) is 43.0 Å². The van der Waals surface area contributed by atoms with Crippen molar-refractivity contribution in [1.29, 1.82) is 0 Å². The van der Waals surface area contributed by atoms with Crippen molar-refractivity contribution in [2.24, 2.45) is 0 Å². The smallest absolute Gasteiger partial charge is 0.320 e. The molecule has 0 saturated heterocycles. The van der Waals surface area contributed by atoms with Crippen LogP contribution in [-0.4, -0.2) is 42.0 Å². The van der Waals surface area contributed by atoms with Crippen LogP contribution in [0, 0.1) is 17.0 Å². The number of hydrogen-bond donors (Lipinski definition) is 1. The Morgan fingerprint density at radius 2 is 2.22 bits per heavy atom. The highest BCUT2D eigenvalue weighted by molar-refractivity contribution is 5.75. The van der Waals surface area contributed by atoms with Crippen LogP contribution < -0.4 is 5.73 Å². The van der Waals surface area contributed by atoms with Gasteiger partial charge in [-0.25, -0.2) is 0 Å². The molecule has 0 spiro atoms. The largest absolute Gasteiger partial charge is 0.465 e. The first-order valence-corrected chi connectivity index (χ1v) is 7.54. The molecule has 1 aromatic carbocycles. The molecule has 7 nitrogen and oxygen atoms in total. The van der Waals surface area contributed by atoms with Gasteiger partial charge < -0.3 is 10.5 Å². The first-order chi connectivity index (χ1) is 10.9. The van der Waals surface area contributed by atoms with Crippen LogP contribution in [0.3, 0.4) is 0 Å². The molecule has 0 fully saturated rings. The lowest BCUT2D eigenvalue weighted by Gasteiger charge is -2.25. The van der Waals surface area contributed by atoms with Crippen molar-refractivity contribution < 1.29 is 14.5 Å². The van der Waals surface area contributed by atoms with Crippen LogP contribution in [0.2, 0.25) is 0 Å². The zero-order chi connectivity index (χ0) is 17.0. The number of carbonyl (C=O) groups excluding carboxylic acids is 1. The van der Waals surface area contributed by atoms with Crippen LogP contribution in [0.25, 0.3) is 5.57 Å². The fourth-order valence-corrected chi connectivity index (χ4v) is 2.62. The molecule has 1 heterocycles. The number of nitro groups is 1. The maximum Gasteiger partial charge on any atom is 0.320 e. The Labute approximate surface area is 134 Å². The van der Waals surface area contributed by atoms with Crippen LogP contribution >= 0.6 is 0 Å². The molecule has 2 N–H and O–H groups in total. The van der Waals surface area contributed by atoms with Crippen molar-refractivity contribution >= 4 is 22.9 Å². The van der Waals surface area contributed by atoms with Crippen LogP contribution in [0.1, 0.15) is 24.5 Å². The second-order valence-electron chi connectivity index (χ2n) is 5.50. The van der Waals surface area contributed by atoms with Crippen LogP contribution in [-0.2, 0) is 9.53 Å². The summed E-state index contributed by atoms with van der Waals surface area (Å²) >= 11 is 0. The van der Waals surface area contributed by atoms with Gasteiger partial charge in [0.1, 0.15) is 5.69 Å². The second kappa shape index (κ2) is 7.23. The van der Waals surface area contributed by atoms with E-state index in [1.165, 1.54) is 6.07 Å². The third kappa shape index (κ3) is 4.07. The van der Waals surface area contributed by atoms with Crippen molar-refractivity contribution in [2.45, 2.75) is 20.3 Å².